The molecule has 0 aromatic heterocycles. The SMILES string of the molecule is OC(CN(Cc1cc(C(F)(F)F)ccc1F)c1cccc(Oc2cccc(Cl)c2Cl)c1)C(F)(F)F. The van der Waals surface area contributed by atoms with Gasteiger partial charge in [-0.25, -0.2) is 4.39 Å². The van der Waals surface area contributed by atoms with Gasteiger partial charge in [0.2, 0.25) is 0 Å². The first-order chi connectivity index (χ1) is 16.3. The van der Waals surface area contributed by atoms with Crippen LogP contribution in [0.3, 0.4) is 0 Å². The highest BCUT2D eigenvalue weighted by molar-refractivity contribution is 6.42. The van der Waals surface area contributed by atoms with Crippen LogP contribution in [0.5, 0.6) is 11.5 Å². The minimum absolute atomic E-state index is 0.0146. The van der Waals surface area contributed by atoms with E-state index in [0.717, 1.165) is 4.90 Å². The summed E-state index contributed by atoms with van der Waals surface area (Å²) in [6.45, 7) is -1.79. The molecule has 1 atom stereocenters. The van der Waals surface area contributed by atoms with Crippen molar-refractivity contribution in [3.05, 3.63) is 87.7 Å². The number of benzene rings is 3. The standard InChI is InChI=1S/C23H16Cl2F7NO2/c24-17-5-2-6-19(21(17)25)35-16-4-1-3-15(10-16)33(12-20(34)23(30,31)32)11-13-9-14(22(27,28)29)7-8-18(13)26/h1-10,20,34H,11-12H2. The third-order valence-electron chi connectivity index (χ3n) is 4.83. The van der Waals surface area contributed by atoms with E-state index in [1.165, 1.54) is 36.4 Å². The number of aliphatic hydroxyl groups is 1. The summed E-state index contributed by atoms with van der Waals surface area (Å²) in [5, 5.41) is 9.88. The number of hydrogen-bond acceptors (Lipinski definition) is 3. The number of halogens is 9. The summed E-state index contributed by atoms with van der Waals surface area (Å²) in [6, 6.07) is 11.6. The molecule has 1 unspecified atom stereocenters. The van der Waals surface area contributed by atoms with Crippen molar-refractivity contribution in [3.63, 3.8) is 0 Å². The Morgan fingerprint density at radius 3 is 2.26 bits per heavy atom. The van der Waals surface area contributed by atoms with Gasteiger partial charge in [0.15, 0.2) is 6.10 Å². The van der Waals surface area contributed by atoms with E-state index in [4.69, 9.17) is 27.9 Å². The van der Waals surface area contributed by atoms with Crippen molar-refractivity contribution in [1.82, 2.24) is 0 Å². The van der Waals surface area contributed by atoms with Gasteiger partial charge in [0.1, 0.15) is 22.3 Å². The second-order valence-electron chi connectivity index (χ2n) is 7.39. The Morgan fingerprint density at radius 1 is 0.914 bits per heavy atom. The highest BCUT2D eigenvalue weighted by Crippen LogP contribution is 2.36. The van der Waals surface area contributed by atoms with E-state index < -0.39 is 48.5 Å². The zero-order valence-electron chi connectivity index (χ0n) is 17.5. The first kappa shape index (κ1) is 26.9. The molecule has 3 rings (SSSR count). The molecule has 0 saturated heterocycles. The second kappa shape index (κ2) is 10.5. The van der Waals surface area contributed by atoms with Crippen LogP contribution in [-0.4, -0.2) is 23.9 Å². The van der Waals surface area contributed by atoms with Crippen LogP contribution in [0.1, 0.15) is 11.1 Å². The number of hydrogen-bond donors (Lipinski definition) is 1. The Morgan fingerprint density at radius 2 is 1.60 bits per heavy atom. The quantitative estimate of drug-likeness (QED) is 0.309. The number of alkyl halides is 6. The van der Waals surface area contributed by atoms with Gasteiger partial charge in [0.25, 0.3) is 0 Å². The normalized spacial score (nSPS) is 13.0. The van der Waals surface area contributed by atoms with Gasteiger partial charge >= 0.3 is 12.4 Å². The molecule has 3 aromatic rings. The molecule has 0 bridgehead atoms. The fourth-order valence-corrected chi connectivity index (χ4v) is 3.42. The van der Waals surface area contributed by atoms with E-state index in [9.17, 15) is 35.8 Å². The molecule has 35 heavy (non-hydrogen) atoms. The monoisotopic (exact) mass is 541 g/mol. The number of nitrogens with zero attached hydrogens (tertiary/aromatic N) is 1. The van der Waals surface area contributed by atoms with Crippen LogP contribution in [0.25, 0.3) is 0 Å². The number of ether oxygens (including phenoxy) is 1. The number of rotatable bonds is 7. The van der Waals surface area contributed by atoms with Crippen LogP contribution in [-0.2, 0) is 12.7 Å². The molecule has 0 spiro atoms. The van der Waals surface area contributed by atoms with E-state index in [-0.39, 0.29) is 27.2 Å². The lowest BCUT2D eigenvalue weighted by atomic mass is 10.1. The van der Waals surface area contributed by atoms with Crippen molar-refractivity contribution in [2.24, 2.45) is 0 Å². The summed E-state index contributed by atoms with van der Waals surface area (Å²) in [5.74, 6) is -0.813. The fraction of sp³-hybridized carbons (Fsp3) is 0.217. The van der Waals surface area contributed by atoms with Crippen LogP contribution in [0.2, 0.25) is 10.0 Å². The third kappa shape index (κ3) is 6.93. The molecule has 12 heteroatoms. The van der Waals surface area contributed by atoms with Crippen molar-refractivity contribution >= 4 is 28.9 Å². The highest BCUT2D eigenvalue weighted by Gasteiger charge is 2.39. The van der Waals surface area contributed by atoms with Crippen LogP contribution in [0, 0.1) is 5.82 Å². The third-order valence-corrected chi connectivity index (χ3v) is 5.63. The van der Waals surface area contributed by atoms with Gasteiger partial charge in [-0.3, -0.25) is 0 Å². The van der Waals surface area contributed by atoms with E-state index in [1.807, 2.05) is 0 Å². The topological polar surface area (TPSA) is 32.7 Å². The Balaban J connectivity index is 1.98. The van der Waals surface area contributed by atoms with Gasteiger partial charge in [-0.1, -0.05) is 35.3 Å². The molecule has 0 aliphatic carbocycles. The first-order valence-electron chi connectivity index (χ1n) is 9.83. The second-order valence-corrected chi connectivity index (χ2v) is 8.18. The lowest BCUT2D eigenvalue weighted by molar-refractivity contribution is -0.200. The lowest BCUT2D eigenvalue weighted by Crippen LogP contribution is -2.41. The molecule has 0 radical (unpaired) electrons. The van der Waals surface area contributed by atoms with Gasteiger partial charge in [-0.2, -0.15) is 26.3 Å². The summed E-state index contributed by atoms with van der Waals surface area (Å²) in [5.41, 5.74) is -1.67. The van der Waals surface area contributed by atoms with E-state index in [0.29, 0.717) is 18.2 Å². The first-order valence-corrected chi connectivity index (χ1v) is 10.6. The van der Waals surface area contributed by atoms with Gasteiger partial charge < -0.3 is 14.7 Å². The van der Waals surface area contributed by atoms with Crippen molar-refractivity contribution < 1.29 is 40.6 Å². The summed E-state index contributed by atoms with van der Waals surface area (Å²) in [7, 11) is 0. The minimum atomic E-state index is -5.02. The van der Waals surface area contributed by atoms with E-state index in [2.05, 4.69) is 0 Å². The van der Waals surface area contributed by atoms with Crippen molar-refractivity contribution in [2.45, 2.75) is 25.0 Å². The maximum atomic E-state index is 14.3. The molecule has 0 heterocycles. The molecule has 0 amide bonds. The number of anilines is 1. The molecular weight excluding hydrogens is 526 g/mol. The Bertz CT molecular complexity index is 1190. The predicted octanol–water partition coefficient (Wildman–Crippen LogP) is 7.87. The van der Waals surface area contributed by atoms with Gasteiger partial charge in [-0.15, -0.1) is 0 Å². The molecule has 0 aliphatic heterocycles. The Hall–Kier alpha value is -2.69. The molecule has 3 aromatic carbocycles. The van der Waals surface area contributed by atoms with E-state index in [1.54, 1.807) is 6.07 Å². The molecule has 0 aliphatic rings. The summed E-state index contributed by atoms with van der Waals surface area (Å²) < 4.78 is 98.4. The van der Waals surface area contributed by atoms with Crippen molar-refractivity contribution in [2.75, 3.05) is 11.4 Å². The molecule has 188 valence electrons. The number of aliphatic hydroxyl groups excluding tert-OH is 1. The minimum Gasteiger partial charge on any atom is -0.456 e. The predicted molar refractivity (Wildman–Crippen MR) is 117 cm³/mol. The van der Waals surface area contributed by atoms with Crippen LogP contribution in [0.15, 0.2) is 60.7 Å². The maximum Gasteiger partial charge on any atom is 0.416 e. The highest BCUT2D eigenvalue weighted by atomic mass is 35.5. The largest absolute Gasteiger partial charge is 0.456 e. The van der Waals surface area contributed by atoms with E-state index >= 15 is 0 Å². The molecule has 0 fully saturated rings. The summed E-state index contributed by atoms with van der Waals surface area (Å²) in [6.07, 6.45) is -12.7. The smallest absolute Gasteiger partial charge is 0.416 e. The Kier molecular flexibility index (Phi) is 8.08. The van der Waals surface area contributed by atoms with Crippen molar-refractivity contribution in [1.29, 1.82) is 0 Å². The van der Waals surface area contributed by atoms with Gasteiger partial charge in [-0.05, 0) is 42.5 Å². The Labute approximate surface area is 205 Å². The molecule has 1 N–H and O–H groups in total. The molecule has 3 nitrogen and oxygen atoms in total. The lowest BCUT2D eigenvalue weighted by Gasteiger charge is -2.29. The molecular formula is C23H16Cl2F7NO2. The maximum absolute atomic E-state index is 14.3. The average Bonchev–Trinajstić information content (AvgIpc) is 2.76. The zero-order valence-corrected chi connectivity index (χ0v) is 19.0. The van der Waals surface area contributed by atoms with Crippen LogP contribution >= 0.6 is 23.2 Å². The van der Waals surface area contributed by atoms with Gasteiger partial charge in [0.05, 0.1) is 17.1 Å². The zero-order chi connectivity index (χ0) is 26.0. The van der Waals surface area contributed by atoms with Gasteiger partial charge in [0, 0.05) is 23.9 Å². The van der Waals surface area contributed by atoms with Crippen LogP contribution < -0.4 is 9.64 Å². The van der Waals surface area contributed by atoms with Crippen LogP contribution in [0.4, 0.5) is 36.4 Å². The van der Waals surface area contributed by atoms with Crippen molar-refractivity contribution in [3.8, 4) is 11.5 Å². The summed E-state index contributed by atoms with van der Waals surface area (Å²) >= 11 is 12.0. The molecule has 0 saturated carbocycles. The summed E-state index contributed by atoms with van der Waals surface area (Å²) in [4.78, 5) is 0.892. The fourth-order valence-electron chi connectivity index (χ4n) is 3.08. The average molecular weight is 542 g/mol.